The first-order chi connectivity index (χ1) is 5.16. The SMILES string of the molecule is CC(N)CNC(O)CCCO. The van der Waals surface area contributed by atoms with Crippen LogP contribution in [0.1, 0.15) is 19.8 Å². The molecule has 0 bridgehead atoms. The fourth-order valence-corrected chi connectivity index (χ4v) is 0.709. The third-order valence-corrected chi connectivity index (χ3v) is 1.31. The van der Waals surface area contributed by atoms with Crippen molar-refractivity contribution in [2.24, 2.45) is 5.73 Å². The van der Waals surface area contributed by atoms with Crippen LogP contribution in [0.25, 0.3) is 0 Å². The highest BCUT2D eigenvalue weighted by molar-refractivity contribution is 4.60. The largest absolute Gasteiger partial charge is 0.396 e. The second-order valence-electron chi connectivity index (χ2n) is 2.77. The fraction of sp³-hybridized carbons (Fsp3) is 1.00. The van der Waals surface area contributed by atoms with Gasteiger partial charge in [0.15, 0.2) is 0 Å². The molecule has 0 aliphatic heterocycles. The van der Waals surface area contributed by atoms with Gasteiger partial charge in [0, 0.05) is 19.2 Å². The Labute approximate surface area is 67.4 Å². The first-order valence-electron chi connectivity index (χ1n) is 3.94. The number of hydrogen-bond donors (Lipinski definition) is 4. The molecule has 4 nitrogen and oxygen atoms in total. The van der Waals surface area contributed by atoms with Crippen LogP contribution >= 0.6 is 0 Å². The normalized spacial score (nSPS) is 16.4. The Bertz CT molecular complexity index is 88.5. The lowest BCUT2D eigenvalue weighted by Gasteiger charge is -2.13. The highest BCUT2D eigenvalue weighted by Crippen LogP contribution is 1.91. The molecular formula is C7H18N2O2. The van der Waals surface area contributed by atoms with Crippen LogP contribution in [0.3, 0.4) is 0 Å². The van der Waals surface area contributed by atoms with E-state index >= 15 is 0 Å². The lowest BCUT2D eigenvalue weighted by Crippen LogP contribution is -2.38. The van der Waals surface area contributed by atoms with E-state index in [-0.39, 0.29) is 12.6 Å². The van der Waals surface area contributed by atoms with Gasteiger partial charge in [-0.05, 0) is 19.8 Å². The Balaban J connectivity index is 3.15. The molecule has 0 radical (unpaired) electrons. The summed E-state index contributed by atoms with van der Waals surface area (Å²) in [6.45, 7) is 2.59. The Morgan fingerprint density at radius 1 is 1.55 bits per heavy atom. The average molecular weight is 162 g/mol. The molecule has 0 aromatic heterocycles. The fourth-order valence-electron chi connectivity index (χ4n) is 0.709. The van der Waals surface area contributed by atoms with Crippen molar-refractivity contribution in [1.29, 1.82) is 0 Å². The van der Waals surface area contributed by atoms with Gasteiger partial charge < -0.3 is 15.9 Å². The smallest absolute Gasteiger partial charge is 0.105 e. The van der Waals surface area contributed by atoms with Gasteiger partial charge in [0.2, 0.25) is 0 Å². The molecule has 0 aliphatic carbocycles. The Morgan fingerprint density at radius 3 is 2.64 bits per heavy atom. The molecule has 0 amide bonds. The molecule has 4 heteroatoms. The number of nitrogens with two attached hydrogens (primary N) is 1. The zero-order chi connectivity index (χ0) is 8.69. The maximum Gasteiger partial charge on any atom is 0.105 e. The van der Waals surface area contributed by atoms with E-state index in [1.165, 1.54) is 0 Å². The maximum absolute atomic E-state index is 9.15. The molecule has 0 rings (SSSR count). The van der Waals surface area contributed by atoms with Gasteiger partial charge in [-0.2, -0.15) is 0 Å². The van der Waals surface area contributed by atoms with Crippen molar-refractivity contribution in [3.63, 3.8) is 0 Å². The molecule has 0 aliphatic rings. The molecule has 2 unspecified atom stereocenters. The van der Waals surface area contributed by atoms with Gasteiger partial charge in [0.1, 0.15) is 6.23 Å². The van der Waals surface area contributed by atoms with E-state index < -0.39 is 6.23 Å². The second kappa shape index (κ2) is 6.54. The van der Waals surface area contributed by atoms with Crippen LogP contribution in [0.4, 0.5) is 0 Å². The van der Waals surface area contributed by atoms with Crippen molar-refractivity contribution in [3.05, 3.63) is 0 Å². The standard InChI is InChI=1S/C7H18N2O2/c1-6(8)5-9-7(11)3-2-4-10/h6-7,9-11H,2-5,8H2,1H3. The Morgan fingerprint density at radius 2 is 2.18 bits per heavy atom. The van der Waals surface area contributed by atoms with Crippen molar-refractivity contribution >= 4 is 0 Å². The topological polar surface area (TPSA) is 78.5 Å². The summed E-state index contributed by atoms with van der Waals surface area (Å²) in [4.78, 5) is 0. The third-order valence-electron chi connectivity index (χ3n) is 1.31. The van der Waals surface area contributed by atoms with Crippen LogP contribution in [-0.4, -0.2) is 35.6 Å². The predicted octanol–water partition coefficient (Wildman–Crippen LogP) is -0.986. The highest BCUT2D eigenvalue weighted by atomic mass is 16.3. The third kappa shape index (κ3) is 7.74. The maximum atomic E-state index is 9.15. The van der Waals surface area contributed by atoms with Crippen LogP contribution < -0.4 is 11.1 Å². The van der Waals surface area contributed by atoms with Crippen molar-refractivity contribution in [2.45, 2.75) is 32.0 Å². The van der Waals surface area contributed by atoms with E-state index in [2.05, 4.69) is 5.32 Å². The number of aliphatic hydroxyl groups is 2. The number of aliphatic hydroxyl groups excluding tert-OH is 2. The van der Waals surface area contributed by atoms with Crippen LogP contribution in [0, 0.1) is 0 Å². The lowest BCUT2D eigenvalue weighted by atomic mass is 10.3. The molecule has 0 saturated carbocycles. The minimum Gasteiger partial charge on any atom is -0.396 e. The van der Waals surface area contributed by atoms with Gasteiger partial charge in [0.25, 0.3) is 0 Å². The minimum atomic E-state index is -0.534. The Kier molecular flexibility index (Phi) is 6.45. The summed E-state index contributed by atoms with van der Waals surface area (Å²) in [5.74, 6) is 0. The lowest BCUT2D eigenvalue weighted by molar-refractivity contribution is 0.115. The van der Waals surface area contributed by atoms with Crippen LogP contribution in [0.2, 0.25) is 0 Å². The summed E-state index contributed by atoms with van der Waals surface area (Å²) in [6.07, 6.45) is 0.657. The van der Waals surface area contributed by atoms with Crippen molar-refractivity contribution in [3.8, 4) is 0 Å². The molecule has 0 spiro atoms. The predicted molar refractivity (Wildman–Crippen MR) is 44.0 cm³/mol. The monoisotopic (exact) mass is 162 g/mol. The molecule has 0 aromatic carbocycles. The van der Waals surface area contributed by atoms with Crippen LogP contribution in [-0.2, 0) is 0 Å². The summed E-state index contributed by atoms with van der Waals surface area (Å²) >= 11 is 0. The molecular weight excluding hydrogens is 144 g/mol. The van der Waals surface area contributed by atoms with E-state index in [0.29, 0.717) is 19.4 Å². The number of hydrogen-bond acceptors (Lipinski definition) is 4. The Hall–Kier alpha value is -0.160. The van der Waals surface area contributed by atoms with Gasteiger partial charge in [-0.3, -0.25) is 5.32 Å². The van der Waals surface area contributed by atoms with Crippen molar-refractivity contribution in [2.75, 3.05) is 13.2 Å². The first-order valence-corrected chi connectivity index (χ1v) is 3.94. The summed E-state index contributed by atoms with van der Waals surface area (Å²) < 4.78 is 0. The van der Waals surface area contributed by atoms with Gasteiger partial charge in [-0.25, -0.2) is 0 Å². The molecule has 0 heterocycles. The molecule has 0 saturated heterocycles. The van der Waals surface area contributed by atoms with Crippen molar-refractivity contribution < 1.29 is 10.2 Å². The second-order valence-corrected chi connectivity index (χ2v) is 2.77. The van der Waals surface area contributed by atoms with E-state index in [4.69, 9.17) is 15.9 Å². The van der Waals surface area contributed by atoms with Crippen LogP contribution in [0.15, 0.2) is 0 Å². The molecule has 68 valence electrons. The first kappa shape index (κ1) is 10.8. The molecule has 0 fully saturated rings. The quantitative estimate of drug-likeness (QED) is 0.378. The molecule has 2 atom stereocenters. The van der Waals surface area contributed by atoms with Gasteiger partial charge in [-0.1, -0.05) is 0 Å². The van der Waals surface area contributed by atoms with Gasteiger partial charge >= 0.3 is 0 Å². The van der Waals surface area contributed by atoms with E-state index in [1.54, 1.807) is 0 Å². The average Bonchev–Trinajstić information content (AvgIpc) is 1.97. The number of rotatable bonds is 6. The van der Waals surface area contributed by atoms with Crippen molar-refractivity contribution in [1.82, 2.24) is 5.32 Å². The summed E-state index contributed by atoms with van der Waals surface area (Å²) in [5.41, 5.74) is 5.45. The zero-order valence-corrected chi connectivity index (χ0v) is 6.95. The van der Waals surface area contributed by atoms with E-state index in [9.17, 15) is 0 Å². The molecule has 0 aromatic rings. The van der Waals surface area contributed by atoms with Gasteiger partial charge in [0.05, 0.1) is 0 Å². The van der Waals surface area contributed by atoms with Crippen LogP contribution in [0.5, 0.6) is 0 Å². The van der Waals surface area contributed by atoms with E-state index in [1.807, 2.05) is 6.92 Å². The zero-order valence-electron chi connectivity index (χ0n) is 6.95. The molecule has 5 N–H and O–H groups in total. The van der Waals surface area contributed by atoms with E-state index in [0.717, 1.165) is 0 Å². The number of nitrogens with one attached hydrogen (secondary N) is 1. The summed E-state index contributed by atoms with van der Waals surface area (Å²) in [6, 6.07) is 0.0544. The molecule has 11 heavy (non-hydrogen) atoms. The van der Waals surface area contributed by atoms with Gasteiger partial charge in [-0.15, -0.1) is 0 Å². The summed E-state index contributed by atoms with van der Waals surface area (Å²) in [5, 5.41) is 20.4. The minimum absolute atomic E-state index is 0.0544. The summed E-state index contributed by atoms with van der Waals surface area (Å²) in [7, 11) is 0. The highest BCUT2D eigenvalue weighted by Gasteiger charge is 2.02.